The maximum Gasteiger partial charge on any atom is 0.272 e. The number of nitrogens with one attached hydrogen (secondary N) is 2. The van der Waals surface area contributed by atoms with Gasteiger partial charge in [0, 0.05) is 47.4 Å². The molecule has 0 radical (unpaired) electrons. The van der Waals surface area contributed by atoms with Crippen molar-refractivity contribution >= 4 is 17.7 Å². The van der Waals surface area contributed by atoms with Crippen molar-refractivity contribution in [3.63, 3.8) is 0 Å². The highest BCUT2D eigenvalue weighted by Crippen LogP contribution is 2.28. The minimum Gasteiger partial charge on any atom is -0.323 e. The van der Waals surface area contributed by atoms with Crippen molar-refractivity contribution in [2.75, 3.05) is 18.4 Å². The number of amides is 1. The van der Waals surface area contributed by atoms with Crippen molar-refractivity contribution in [2.45, 2.75) is 12.5 Å². The number of alkyl halides is 2. The molecule has 1 aliphatic heterocycles. The van der Waals surface area contributed by atoms with Gasteiger partial charge in [-0.3, -0.25) is 19.8 Å². The smallest absolute Gasteiger partial charge is 0.272 e. The number of nitrogens with zero attached hydrogens (tertiary/aromatic N) is 3. The summed E-state index contributed by atoms with van der Waals surface area (Å²) in [5.41, 5.74) is 2.73. The van der Waals surface area contributed by atoms with Crippen LogP contribution < -0.4 is 5.32 Å². The van der Waals surface area contributed by atoms with Crippen molar-refractivity contribution in [3.8, 4) is 11.1 Å². The first-order chi connectivity index (χ1) is 14.4. The summed E-state index contributed by atoms with van der Waals surface area (Å²) < 4.78 is 40.0. The standard InChI is InChI=1S/C21H18F3N5O/c22-18-10-25-7-15(20(18)16-8-26-27-9-16)3-6-19(30)28-17-4-1-14(2-5-17)11-29-12-21(23,24)13-29/h1-10H,11-13H2,(H,26,27)(H,28,30)/b6-3+. The molecule has 0 spiro atoms. The van der Waals surface area contributed by atoms with Gasteiger partial charge in [-0.05, 0) is 23.8 Å². The molecular formula is C21H18F3N5O. The number of pyridine rings is 1. The lowest BCUT2D eigenvalue weighted by atomic mass is 10.0. The second-order valence-electron chi connectivity index (χ2n) is 7.09. The SMILES string of the molecule is O=C(/C=C/c1cncc(F)c1-c1cn[nH]c1)Nc1ccc(CN2CC(F)(F)C2)cc1. The Kier molecular flexibility index (Phi) is 5.37. The molecule has 4 rings (SSSR count). The molecule has 1 aromatic carbocycles. The lowest BCUT2D eigenvalue weighted by molar-refractivity contribution is -0.133. The summed E-state index contributed by atoms with van der Waals surface area (Å²) in [4.78, 5) is 17.7. The van der Waals surface area contributed by atoms with E-state index in [1.807, 2.05) is 0 Å². The third-order valence-corrected chi connectivity index (χ3v) is 4.67. The number of aromatic amines is 1. The zero-order valence-corrected chi connectivity index (χ0v) is 15.8. The number of carbonyl (C=O) groups is 1. The molecule has 3 aromatic rings. The Morgan fingerprint density at radius 3 is 2.63 bits per heavy atom. The minimum absolute atomic E-state index is 0.230. The van der Waals surface area contributed by atoms with E-state index in [-0.39, 0.29) is 13.1 Å². The number of likely N-dealkylation sites (tertiary alicyclic amines) is 1. The Morgan fingerprint density at radius 2 is 1.97 bits per heavy atom. The van der Waals surface area contributed by atoms with Gasteiger partial charge in [-0.25, -0.2) is 13.2 Å². The van der Waals surface area contributed by atoms with E-state index in [0.717, 1.165) is 11.8 Å². The van der Waals surface area contributed by atoms with Crippen LogP contribution in [-0.2, 0) is 11.3 Å². The number of hydrogen-bond acceptors (Lipinski definition) is 4. The van der Waals surface area contributed by atoms with Crippen LogP contribution in [0, 0.1) is 5.82 Å². The van der Waals surface area contributed by atoms with Gasteiger partial charge in [-0.2, -0.15) is 5.10 Å². The number of rotatable bonds is 6. The predicted octanol–water partition coefficient (Wildman–Crippen LogP) is 3.71. The van der Waals surface area contributed by atoms with Gasteiger partial charge in [0.1, 0.15) is 5.82 Å². The molecule has 1 amide bonds. The lowest BCUT2D eigenvalue weighted by Crippen LogP contribution is -2.55. The molecule has 0 atom stereocenters. The van der Waals surface area contributed by atoms with E-state index in [2.05, 4.69) is 20.5 Å². The maximum absolute atomic E-state index is 14.2. The first-order valence-corrected chi connectivity index (χ1v) is 9.20. The van der Waals surface area contributed by atoms with Gasteiger partial charge in [-0.15, -0.1) is 0 Å². The number of aromatic nitrogens is 3. The van der Waals surface area contributed by atoms with Crippen molar-refractivity contribution in [1.29, 1.82) is 0 Å². The van der Waals surface area contributed by atoms with Gasteiger partial charge in [-0.1, -0.05) is 12.1 Å². The first-order valence-electron chi connectivity index (χ1n) is 9.20. The highest BCUT2D eigenvalue weighted by atomic mass is 19.3. The van der Waals surface area contributed by atoms with E-state index in [1.54, 1.807) is 35.4 Å². The van der Waals surface area contributed by atoms with Crippen LogP contribution in [0.3, 0.4) is 0 Å². The van der Waals surface area contributed by atoms with Gasteiger partial charge < -0.3 is 5.32 Å². The van der Waals surface area contributed by atoms with E-state index in [1.165, 1.54) is 24.5 Å². The van der Waals surface area contributed by atoms with E-state index in [4.69, 9.17) is 0 Å². The van der Waals surface area contributed by atoms with Crippen LogP contribution in [0.2, 0.25) is 0 Å². The molecule has 2 N–H and O–H groups in total. The Hall–Kier alpha value is -3.46. The third-order valence-electron chi connectivity index (χ3n) is 4.67. The fraction of sp³-hybridized carbons (Fsp3) is 0.190. The van der Waals surface area contributed by atoms with Crippen LogP contribution >= 0.6 is 0 Å². The highest BCUT2D eigenvalue weighted by Gasteiger charge is 2.43. The molecule has 0 aliphatic carbocycles. The van der Waals surface area contributed by atoms with Gasteiger partial charge in [0.05, 0.1) is 25.5 Å². The van der Waals surface area contributed by atoms with Crippen LogP contribution in [0.15, 0.2) is 55.1 Å². The topological polar surface area (TPSA) is 73.9 Å². The lowest BCUT2D eigenvalue weighted by Gasteiger charge is -2.38. The quantitative estimate of drug-likeness (QED) is 0.605. The summed E-state index contributed by atoms with van der Waals surface area (Å²) in [7, 11) is 0. The summed E-state index contributed by atoms with van der Waals surface area (Å²) in [6.45, 7) is -0.0227. The number of benzene rings is 1. The van der Waals surface area contributed by atoms with Gasteiger partial charge >= 0.3 is 0 Å². The third kappa shape index (κ3) is 4.57. The number of halogens is 3. The predicted molar refractivity (Wildman–Crippen MR) is 106 cm³/mol. The number of H-pyrrole nitrogens is 1. The average Bonchev–Trinajstić information content (AvgIpc) is 3.21. The van der Waals surface area contributed by atoms with Crippen LogP contribution in [0.25, 0.3) is 17.2 Å². The van der Waals surface area contributed by atoms with E-state index in [0.29, 0.717) is 28.9 Å². The Labute approximate surface area is 170 Å². The summed E-state index contributed by atoms with van der Waals surface area (Å²) in [5.74, 6) is -3.50. The number of hydrogen-bond donors (Lipinski definition) is 2. The zero-order chi connectivity index (χ0) is 21.1. The zero-order valence-electron chi connectivity index (χ0n) is 15.8. The van der Waals surface area contributed by atoms with E-state index < -0.39 is 17.6 Å². The molecule has 2 aromatic heterocycles. The molecule has 30 heavy (non-hydrogen) atoms. The summed E-state index contributed by atoms with van der Waals surface area (Å²) in [5, 5.41) is 9.16. The van der Waals surface area contributed by atoms with Crippen LogP contribution in [0.5, 0.6) is 0 Å². The Bertz CT molecular complexity index is 1060. The summed E-state index contributed by atoms with van der Waals surface area (Å²) in [6.07, 6.45) is 8.37. The Morgan fingerprint density at radius 1 is 1.20 bits per heavy atom. The molecule has 3 heterocycles. The van der Waals surface area contributed by atoms with Gasteiger partial charge in [0.25, 0.3) is 5.92 Å². The molecule has 0 bridgehead atoms. The van der Waals surface area contributed by atoms with E-state index >= 15 is 0 Å². The molecule has 9 heteroatoms. The first kappa shape index (κ1) is 19.8. The van der Waals surface area contributed by atoms with Crippen molar-refractivity contribution < 1.29 is 18.0 Å². The second-order valence-corrected chi connectivity index (χ2v) is 7.09. The molecule has 154 valence electrons. The molecule has 1 aliphatic rings. The largest absolute Gasteiger partial charge is 0.323 e. The fourth-order valence-electron chi connectivity index (χ4n) is 3.29. The maximum atomic E-state index is 14.2. The molecule has 1 fully saturated rings. The van der Waals surface area contributed by atoms with Crippen LogP contribution in [0.4, 0.5) is 18.9 Å². The fourth-order valence-corrected chi connectivity index (χ4v) is 3.29. The number of anilines is 1. The summed E-state index contributed by atoms with van der Waals surface area (Å²) in [6, 6.07) is 6.98. The van der Waals surface area contributed by atoms with Crippen LogP contribution in [-0.4, -0.2) is 45.0 Å². The molecule has 6 nitrogen and oxygen atoms in total. The monoisotopic (exact) mass is 413 g/mol. The second kappa shape index (κ2) is 8.11. The minimum atomic E-state index is -2.59. The van der Waals surface area contributed by atoms with E-state index in [9.17, 15) is 18.0 Å². The van der Waals surface area contributed by atoms with Gasteiger partial charge in [0.15, 0.2) is 0 Å². The van der Waals surface area contributed by atoms with Crippen molar-refractivity contribution in [1.82, 2.24) is 20.1 Å². The Balaban J connectivity index is 1.38. The van der Waals surface area contributed by atoms with Crippen LogP contribution in [0.1, 0.15) is 11.1 Å². The molecule has 0 unspecified atom stereocenters. The summed E-state index contributed by atoms with van der Waals surface area (Å²) >= 11 is 0. The van der Waals surface area contributed by atoms with Crippen molar-refractivity contribution in [2.24, 2.45) is 0 Å². The number of carbonyl (C=O) groups excluding carboxylic acids is 1. The molecule has 0 saturated carbocycles. The highest BCUT2D eigenvalue weighted by molar-refractivity contribution is 6.02. The average molecular weight is 413 g/mol. The van der Waals surface area contributed by atoms with Crippen molar-refractivity contribution in [3.05, 3.63) is 72.1 Å². The van der Waals surface area contributed by atoms with Gasteiger partial charge in [0.2, 0.25) is 5.91 Å². The molecule has 1 saturated heterocycles. The molecular weight excluding hydrogens is 395 g/mol. The normalized spacial score (nSPS) is 15.8.